The summed E-state index contributed by atoms with van der Waals surface area (Å²) in [6, 6.07) is 19.8. The summed E-state index contributed by atoms with van der Waals surface area (Å²) in [5, 5.41) is 7.31. The molecule has 0 atom stereocenters. The van der Waals surface area contributed by atoms with Crippen molar-refractivity contribution in [3.05, 3.63) is 83.1 Å². The first kappa shape index (κ1) is 18.6. The predicted octanol–water partition coefficient (Wildman–Crippen LogP) is 4.00. The number of carbonyl (C=O) groups excluding carboxylic acids is 1. The number of carbonyl (C=O) groups is 1. The van der Waals surface area contributed by atoms with E-state index in [0.29, 0.717) is 30.1 Å². The third kappa shape index (κ3) is 5.15. The van der Waals surface area contributed by atoms with Crippen LogP contribution in [0, 0.1) is 6.92 Å². The Balaban J connectivity index is 1.71. The molecule has 2 aromatic carbocycles. The number of rotatable bonds is 7. The zero-order valence-corrected chi connectivity index (χ0v) is 15.4. The summed E-state index contributed by atoms with van der Waals surface area (Å²) in [6.45, 7) is 3.06. The molecule has 0 saturated carbocycles. The fourth-order valence-corrected chi connectivity index (χ4v) is 2.64. The lowest BCUT2D eigenvalue weighted by Crippen LogP contribution is -2.21. The molecule has 0 fully saturated rings. The molecule has 0 aliphatic rings. The maximum atomic E-state index is 12.1. The Hall–Kier alpha value is -3.18. The number of nitrogens with zero attached hydrogens (tertiary/aromatic N) is 1. The number of esters is 1. The topological polar surface area (TPSA) is 64.4 Å². The van der Waals surface area contributed by atoms with Gasteiger partial charge in [0.2, 0.25) is 0 Å². The van der Waals surface area contributed by atoms with Crippen LogP contribution in [0.25, 0.3) is 17.4 Å². The Morgan fingerprint density at radius 1 is 1.15 bits per heavy atom. The molecule has 3 aromatic rings. The molecule has 1 heterocycles. The highest BCUT2D eigenvalue weighted by molar-refractivity contribution is 5.93. The average molecular weight is 362 g/mol. The van der Waals surface area contributed by atoms with Gasteiger partial charge in [-0.2, -0.15) is 0 Å². The maximum Gasteiger partial charge on any atom is 0.335 e. The van der Waals surface area contributed by atoms with Crippen molar-refractivity contribution >= 4 is 12.0 Å². The van der Waals surface area contributed by atoms with Gasteiger partial charge in [0.1, 0.15) is 5.69 Å². The zero-order valence-electron chi connectivity index (χ0n) is 15.4. The molecule has 0 saturated heterocycles. The van der Waals surface area contributed by atoms with Crippen LogP contribution in [-0.2, 0) is 16.1 Å². The van der Waals surface area contributed by atoms with E-state index in [-0.39, 0.29) is 0 Å². The van der Waals surface area contributed by atoms with E-state index in [4.69, 9.17) is 9.26 Å². The van der Waals surface area contributed by atoms with Crippen molar-refractivity contribution in [2.45, 2.75) is 13.5 Å². The Labute approximate surface area is 158 Å². The summed E-state index contributed by atoms with van der Waals surface area (Å²) in [5.41, 5.74) is 4.32. The number of ether oxygens (including phenoxy) is 1. The van der Waals surface area contributed by atoms with Gasteiger partial charge in [0.25, 0.3) is 0 Å². The Morgan fingerprint density at radius 3 is 2.59 bits per heavy atom. The van der Waals surface area contributed by atoms with E-state index in [0.717, 1.165) is 11.1 Å². The average Bonchev–Trinajstić information content (AvgIpc) is 3.16. The van der Waals surface area contributed by atoms with Gasteiger partial charge >= 0.3 is 5.97 Å². The van der Waals surface area contributed by atoms with Crippen molar-refractivity contribution in [2.24, 2.45) is 0 Å². The first-order valence-corrected chi connectivity index (χ1v) is 8.73. The molecule has 0 radical (unpaired) electrons. The fraction of sp³-hybridized carbons (Fsp3) is 0.182. The second kappa shape index (κ2) is 8.96. The first-order valence-electron chi connectivity index (χ1n) is 8.73. The van der Waals surface area contributed by atoms with Crippen molar-refractivity contribution in [2.75, 3.05) is 13.7 Å². The minimum atomic E-state index is -0.393. The quantitative estimate of drug-likeness (QED) is 0.508. The summed E-state index contributed by atoms with van der Waals surface area (Å²) < 4.78 is 10.3. The molecule has 27 heavy (non-hydrogen) atoms. The van der Waals surface area contributed by atoms with Gasteiger partial charge < -0.3 is 14.6 Å². The predicted molar refractivity (Wildman–Crippen MR) is 105 cm³/mol. The van der Waals surface area contributed by atoms with Crippen LogP contribution in [0.2, 0.25) is 0 Å². The summed E-state index contributed by atoms with van der Waals surface area (Å²) in [4.78, 5) is 12.1. The van der Waals surface area contributed by atoms with E-state index in [2.05, 4.69) is 10.5 Å². The van der Waals surface area contributed by atoms with Gasteiger partial charge in [-0.15, -0.1) is 0 Å². The smallest absolute Gasteiger partial charge is 0.335 e. The molecule has 3 rings (SSSR count). The normalized spacial score (nSPS) is 11.4. The first-order chi connectivity index (χ1) is 13.2. The van der Waals surface area contributed by atoms with E-state index in [1.54, 1.807) is 6.08 Å². The molecule has 0 spiro atoms. The molecule has 0 aliphatic heterocycles. The molecule has 0 unspecified atom stereocenters. The van der Waals surface area contributed by atoms with Crippen LogP contribution in [0.4, 0.5) is 0 Å². The monoisotopic (exact) mass is 362 g/mol. The van der Waals surface area contributed by atoms with Crippen molar-refractivity contribution in [1.29, 1.82) is 0 Å². The van der Waals surface area contributed by atoms with Crippen LogP contribution in [0.3, 0.4) is 0 Å². The lowest BCUT2D eigenvalue weighted by Gasteiger charge is -2.07. The van der Waals surface area contributed by atoms with E-state index in [9.17, 15) is 4.79 Å². The van der Waals surface area contributed by atoms with Crippen LogP contribution < -0.4 is 5.32 Å². The van der Waals surface area contributed by atoms with Crippen LogP contribution >= 0.6 is 0 Å². The van der Waals surface area contributed by atoms with Gasteiger partial charge in [0.05, 0.1) is 12.7 Å². The number of hydrogen-bond donors (Lipinski definition) is 1. The van der Waals surface area contributed by atoms with Crippen LogP contribution in [0.5, 0.6) is 0 Å². The molecule has 0 bridgehead atoms. The summed E-state index contributed by atoms with van der Waals surface area (Å²) >= 11 is 0. The number of aryl methyl sites for hydroxylation is 1. The van der Waals surface area contributed by atoms with E-state index >= 15 is 0 Å². The molecule has 0 aliphatic carbocycles. The maximum absolute atomic E-state index is 12.1. The summed E-state index contributed by atoms with van der Waals surface area (Å²) in [6.07, 6.45) is 1.69. The minimum Gasteiger partial charge on any atom is -0.466 e. The van der Waals surface area contributed by atoms with Gasteiger partial charge in [0, 0.05) is 24.7 Å². The fourth-order valence-electron chi connectivity index (χ4n) is 2.64. The number of benzene rings is 2. The third-order valence-corrected chi connectivity index (χ3v) is 4.12. The SMILES string of the molecule is COC(=O)/C(=C/c1cc(-c2ccc(C)cc2)on1)CNCc1ccccc1. The number of methoxy groups -OCH3 is 1. The summed E-state index contributed by atoms with van der Waals surface area (Å²) in [5.74, 6) is 0.262. The molecule has 0 amide bonds. The highest BCUT2D eigenvalue weighted by Gasteiger charge is 2.12. The molecule has 1 aromatic heterocycles. The van der Waals surface area contributed by atoms with Gasteiger partial charge in [-0.3, -0.25) is 0 Å². The van der Waals surface area contributed by atoms with E-state index < -0.39 is 5.97 Å². The Bertz CT molecular complexity index is 912. The van der Waals surface area contributed by atoms with Crippen molar-refractivity contribution < 1.29 is 14.1 Å². The van der Waals surface area contributed by atoms with E-state index in [1.807, 2.05) is 67.6 Å². The number of aromatic nitrogens is 1. The van der Waals surface area contributed by atoms with Crippen molar-refractivity contribution in [1.82, 2.24) is 10.5 Å². The van der Waals surface area contributed by atoms with Crippen LogP contribution in [-0.4, -0.2) is 24.8 Å². The lowest BCUT2D eigenvalue weighted by molar-refractivity contribution is -0.136. The number of nitrogens with one attached hydrogen (secondary N) is 1. The zero-order chi connectivity index (χ0) is 19.1. The van der Waals surface area contributed by atoms with Crippen LogP contribution in [0.15, 0.2) is 70.8 Å². The lowest BCUT2D eigenvalue weighted by atomic mass is 10.1. The summed E-state index contributed by atoms with van der Waals surface area (Å²) in [7, 11) is 1.37. The minimum absolute atomic E-state index is 0.369. The molecular formula is C22H22N2O3. The highest BCUT2D eigenvalue weighted by atomic mass is 16.5. The Morgan fingerprint density at radius 2 is 1.89 bits per heavy atom. The van der Waals surface area contributed by atoms with E-state index in [1.165, 1.54) is 12.7 Å². The highest BCUT2D eigenvalue weighted by Crippen LogP contribution is 2.22. The van der Waals surface area contributed by atoms with Gasteiger partial charge in [0.15, 0.2) is 5.76 Å². The Kier molecular flexibility index (Phi) is 6.18. The molecule has 5 nitrogen and oxygen atoms in total. The largest absolute Gasteiger partial charge is 0.466 e. The second-order valence-corrected chi connectivity index (χ2v) is 6.23. The van der Waals surface area contributed by atoms with Crippen LogP contribution in [0.1, 0.15) is 16.8 Å². The standard InChI is InChI=1S/C22H22N2O3/c1-16-8-10-18(11-9-16)21-13-20(24-27-21)12-19(22(25)26-2)15-23-14-17-6-4-3-5-7-17/h3-13,23H,14-15H2,1-2H3/b19-12+. The van der Waals surface area contributed by atoms with Gasteiger partial charge in [-0.25, -0.2) is 4.79 Å². The van der Waals surface area contributed by atoms with Crippen molar-refractivity contribution in [3.63, 3.8) is 0 Å². The third-order valence-electron chi connectivity index (χ3n) is 4.12. The molecule has 5 heteroatoms. The molecular weight excluding hydrogens is 340 g/mol. The molecule has 138 valence electrons. The second-order valence-electron chi connectivity index (χ2n) is 6.23. The van der Waals surface area contributed by atoms with Gasteiger partial charge in [-0.05, 0) is 18.6 Å². The van der Waals surface area contributed by atoms with Gasteiger partial charge in [-0.1, -0.05) is 65.3 Å². The number of hydrogen-bond acceptors (Lipinski definition) is 5. The molecule has 1 N–H and O–H groups in total. The van der Waals surface area contributed by atoms with Crippen molar-refractivity contribution in [3.8, 4) is 11.3 Å².